The first-order valence-corrected chi connectivity index (χ1v) is 9.77. The molecule has 0 spiro atoms. The van der Waals surface area contributed by atoms with Crippen molar-refractivity contribution in [1.29, 1.82) is 0 Å². The topological polar surface area (TPSA) is 69.7 Å². The molecule has 0 unspecified atom stereocenters. The molecule has 2 saturated heterocycles. The fraction of sp³-hybridized carbons (Fsp3) is 0.929. The predicted octanol–water partition coefficient (Wildman–Crippen LogP) is 0.260. The van der Waals surface area contributed by atoms with E-state index in [1.807, 2.05) is 0 Å². The SMILES string of the molecule is CS(=O)(=O)N1CCC[C@H](C(=O)NCCCN2CCCC2)C1. The van der Waals surface area contributed by atoms with Crippen molar-refractivity contribution in [3.63, 3.8) is 0 Å². The summed E-state index contributed by atoms with van der Waals surface area (Å²) in [5, 5.41) is 2.96. The zero-order chi connectivity index (χ0) is 15.3. The lowest BCUT2D eigenvalue weighted by molar-refractivity contribution is -0.126. The number of hydrogen-bond donors (Lipinski definition) is 1. The largest absolute Gasteiger partial charge is 0.356 e. The second-order valence-electron chi connectivity index (χ2n) is 6.15. The lowest BCUT2D eigenvalue weighted by Crippen LogP contribution is -2.45. The molecule has 2 fully saturated rings. The summed E-state index contributed by atoms with van der Waals surface area (Å²) in [7, 11) is -3.18. The van der Waals surface area contributed by atoms with Gasteiger partial charge in [0.25, 0.3) is 0 Å². The van der Waals surface area contributed by atoms with E-state index in [1.165, 1.54) is 36.5 Å². The summed E-state index contributed by atoms with van der Waals surface area (Å²) in [5.41, 5.74) is 0. The van der Waals surface area contributed by atoms with Crippen LogP contribution in [0.15, 0.2) is 0 Å². The van der Waals surface area contributed by atoms with Crippen LogP contribution in [0.5, 0.6) is 0 Å². The zero-order valence-corrected chi connectivity index (χ0v) is 13.7. The van der Waals surface area contributed by atoms with Crippen LogP contribution in [0.4, 0.5) is 0 Å². The molecule has 2 aliphatic heterocycles. The maximum absolute atomic E-state index is 12.1. The Morgan fingerprint density at radius 2 is 1.90 bits per heavy atom. The van der Waals surface area contributed by atoms with Crippen molar-refractivity contribution in [1.82, 2.24) is 14.5 Å². The molecule has 1 amide bonds. The summed E-state index contributed by atoms with van der Waals surface area (Å²) >= 11 is 0. The molecule has 21 heavy (non-hydrogen) atoms. The lowest BCUT2D eigenvalue weighted by Gasteiger charge is -2.30. The van der Waals surface area contributed by atoms with Gasteiger partial charge in [-0.25, -0.2) is 12.7 Å². The van der Waals surface area contributed by atoms with E-state index in [2.05, 4.69) is 10.2 Å². The van der Waals surface area contributed by atoms with Crippen molar-refractivity contribution in [2.24, 2.45) is 5.92 Å². The molecule has 7 heteroatoms. The molecule has 0 saturated carbocycles. The van der Waals surface area contributed by atoms with Crippen molar-refractivity contribution in [3.05, 3.63) is 0 Å². The van der Waals surface area contributed by atoms with E-state index in [1.54, 1.807) is 0 Å². The molecule has 2 heterocycles. The van der Waals surface area contributed by atoms with Crippen molar-refractivity contribution in [2.45, 2.75) is 32.1 Å². The highest BCUT2D eigenvalue weighted by molar-refractivity contribution is 7.88. The lowest BCUT2D eigenvalue weighted by atomic mass is 9.99. The van der Waals surface area contributed by atoms with Crippen LogP contribution >= 0.6 is 0 Å². The molecule has 0 radical (unpaired) electrons. The molecule has 2 aliphatic rings. The van der Waals surface area contributed by atoms with Gasteiger partial charge in [0, 0.05) is 19.6 Å². The summed E-state index contributed by atoms with van der Waals surface area (Å²) in [4.78, 5) is 14.5. The maximum atomic E-state index is 12.1. The van der Waals surface area contributed by atoms with E-state index in [-0.39, 0.29) is 11.8 Å². The summed E-state index contributed by atoms with van der Waals surface area (Å²) < 4.78 is 24.5. The molecular weight excluding hydrogens is 290 g/mol. The highest BCUT2D eigenvalue weighted by Gasteiger charge is 2.29. The molecule has 0 aromatic carbocycles. The number of piperidine rings is 1. The van der Waals surface area contributed by atoms with E-state index in [9.17, 15) is 13.2 Å². The number of sulfonamides is 1. The first-order chi connectivity index (χ1) is 9.97. The quantitative estimate of drug-likeness (QED) is 0.714. The van der Waals surface area contributed by atoms with Crippen molar-refractivity contribution >= 4 is 15.9 Å². The van der Waals surface area contributed by atoms with E-state index in [4.69, 9.17) is 0 Å². The summed E-state index contributed by atoms with van der Waals surface area (Å²) in [5.74, 6) is -0.190. The average Bonchev–Trinajstić information content (AvgIpc) is 2.96. The van der Waals surface area contributed by atoms with Crippen LogP contribution in [0, 0.1) is 5.92 Å². The predicted molar refractivity (Wildman–Crippen MR) is 82.4 cm³/mol. The Hall–Kier alpha value is -0.660. The molecular formula is C14H27N3O3S. The molecule has 0 bridgehead atoms. The Kier molecular flexibility index (Phi) is 6.01. The van der Waals surface area contributed by atoms with E-state index < -0.39 is 10.0 Å². The van der Waals surface area contributed by atoms with Crippen LogP contribution in [0.2, 0.25) is 0 Å². The highest BCUT2D eigenvalue weighted by Crippen LogP contribution is 2.18. The first-order valence-electron chi connectivity index (χ1n) is 7.92. The number of carbonyl (C=O) groups is 1. The van der Waals surface area contributed by atoms with Crippen molar-refractivity contribution in [2.75, 3.05) is 45.5 Å². The van der Waals surface area contributed by atoms with Crippen molar-refractivity contribution < 1.29 is 13.2 Å². The fourth-order valence-electron chi connectivity index (χ4n) is 3.12. The third kappa shape index (κ3) is 5.23. The number of rotatable bonds is 6. The van der Waals surface area contributed by atoms with E-state index in [0.717, 1.165) is 25.8 Å². The van der Waals surface area contributed by atoms with Crippen LogP contribution in [0.25, 0.3) is 0 Å². The van der Waals surface area contributed by atoms with Gasteiger partial charge in [0.2, 0.25) is 15.9 Å². The van der Waals surface area contributed by atoms with Crippen LogP contribution < -0.4 is 5.32 Å². The molecule has 1 atom stereocenters. The van der Waals surface area contributed by atoms with Gasteiger partial charge in [0.15, 0.2) is 0 Å². The second kappa shape index (κ2) is 7.56. The Balaban J connectivity index is 1.67. The minimum atomic E-state index is -3.18. The Labute approximate surface area is 127 Å². The fourth-order valence-corrected chi connectivity index (χ4v) is 4.03. The number of nitrogens with one attached hydrogen (secondary N) is 1. The maximum Gasteiger partial charge on any atom is 0.224 e. The van der Waals surface area contributed by atoms with Gasteiger partial charge in [-0.1, -0.05) is 0 Å². The van der Waals surface area contributed by atoms with Gasteiger partial charge in [0.1, 0.15) is 0 Å². The average molecular weight is 317 g/mol. The minimum absolute atomic E-state index is 0.00442. The van der Waals surface area contributed by atoms with Gasteiger partial charge in [0.05, 0.1) is 12.2 Å². The first kappa shape index (κ1) is 16.7. The Morgan fingerprint density at radius 3 is 2.57 bits per heavy atom. The molecule has 6 nitrogen and oxygen atoms in total. The number of likely N-dealkylation sites (tertiary alicyclic amines) is 1. The van der Waals surface area contributed by atoms with Gasteiger partial charge in [-0.15, -0.1) is 0 Å². The monoisotopic (exact) mass is 317 g/mol. The summed E-state index contributed by atoms with van der Waals surface area (Å²) in [6.45, 7) is 4.96. The standard InChI is InChI=1S/C14H27N3O3S/c1-21(19,20)17-11-4-6-13(12-17)14(18)15-7-5-10-16-8-2-3-9-16/h13H,2-12H2,1H3,(H,15,18)/t13-/m0/s1. The molecule has 0 aromatic heterocycles. The number of carbonyl (C=O) groups excluding carboxylic acids is 1. The number of amides is 1. The van der Waals surface area contributed by atoms with Crippen LogP contribution in [0.3, 0.4) is 0 Å². The number of nitrogens with zero attached hydrogens (tertiary/aromatic N) is 2. The molecule has 0 aromatic rings. The summed E-state index contributed by atoms with van der Waals surface area (Å²) in [6.07, 6.45) is 6.30. The molecule has 2 rings (SSSR count). The zero-order valence-electron chi connectivity index (χ0n) is 12.9. The minimum Gasteiger partial charge on any atom is -0.356 e. The van der Waals surface area contributed by atoms with Gasteiger partial charge >= 0.3 is 0 Å². The van der Waals surface area contributed by atoms with Crippen LogP contribution in [-0.2, 0) is 14.8 Å². The third-order valence-corrected chi connectivity index (χ3v) is 5.64. The Morgan fingerprint density at radius 1 is 1.19 bits per heavy atom. The van der Waals surface area contributed by atoms with Gasteiger partial charge in [-0.05, 0) is 51.7 Å². The molecule has 0 aliphatic carbocycles. The molecule has 1 N–H and O–H groups in total. The second-order valence-corrected chi connectivity index (χ2v) is 8.14. The third-order valence-electron chi connectivity index (χ3n) is 4.37. The number of hydrogen-bond acceptors (Lipinski definition) is 4. The Bertz CT molecular complexity index is 446. The van der Waals surface area contributed by atoms with E-state index >= 15 is 0 Å². The summed E-state index contributed by atoms with van der Waals surface area (Å²) in [6, 6.07) is 0. The normalized spacial score (nSPS) is 25.1. The smallest absolute Gasteiger partial charge is 0.224 e. The van der Waals surface area contributed by atoms with Crippen LogP contribution in [0.1, 0.15) is 32.1 Å². The van der Waals surface area contributed by atoms with Gasteiger partial charge in [-0.2, -0.15) is 0 Å². The van der Waals surface area contributed by atoms with Gasteiger partial charge < -0.3 is 10.2 Å². The van der Waals surface area contributed by atoms with Crippen LogP contribution in [-0.4, -0.2) is 69.1 Å². The van der Waals surface area contributed by atoms with Gasteiger partial charge in [-0.3, -0.25) is 4.79 Å². The highest BCUT2D eigenvalue weighted by atomic mass is 32.2. The van der Waals surface area contributed by atoms with Crippen molar-refractivity contribution in [3.8, 4) is 0 Å². The molecule has 122 valence electrons. The van der Waals surface area contributed by atoms with E-state index in [0.29, 0.717) is 19.6 Å².